The fourth-order valence-corrected chi connectivity index (χ4v) is 2.94. The van der Waals surface area contributed by atoms with Crippen molar-refractivity contribution in [2.45, 2.75) is 51.2 Å². The normalized spacial score (nSPS) is 14.3. The van der Waals surface area contributed by atoms with Crippen LogP contribution in [-0.2, 0) is 24.3 Å². The summed E-state index contributed by atoms with van der Waals surface area (Å²) >= 11 is 0. The zero-order valence-electron chi connectivity index (χ0n) is 14.1. The number of carbonyl (C=O) groups is 1. The van der Waals surface area contributed by atoms with Gasteiger partial charge in [-0.2, -0.15) is 0 Å². The first-order valence-electron chi connectivity index (χ1n) is 8.22. The van der Waals surface area contributed by atoms with Crippen molar-refractivity contribution in [1.82, 2.24) is 20.1 Å². The van der Waals surface area contributed by atoms with E-state index >= 15 is 0 Å². The average molecular weight is 386 g/mol. The first-order chi connectivity index (χ1) is 11.2. The second-order valence-corrected chi connectivity index (χ2v) is 5.99. The summed E-state index contributed by atoms with van der Waals surface area (Å²) in [6.07, 6.45) is 4.77. The maximum atomic E-state index is 12.1. The van der Waals surface area contributed by atoms with Crippen LogP contribution in [0.25, 0.3) is 0 Å². The van der Waals surface area contributed by atoms with Crippen LogP contribution in [0.2, 0.25) is 0 Å². The van der Waals surface area contributed by atoms with Gasteiger partial charge in [0, 0.05) is 25.4 Å². The van der Waals surface area contributed by atoms with Gasteiger partial charge in [0.2, 0.25) is 5.91 Å². The van der Waals surface area contributed by atoms with E-state index in [9.17, 15) is 4.79 Å². The van der Waals surface area contributed by atoms with Crippen molar-refractivity contribution in [1.29, 1.82) is 0 Å². The zero-order valence-corrected chi connectivity index (χ0v) is 15.7. The molecule has 138 valence electrons. The summed E-state index contributed by atoms with van der Waals surface area (Å²) in [6, 6.07) is 9.39. The summed E-state index contributed by atoms with van der Waals surface area (Å²) in [6.45, 7) is 1.35. The molecule has 0 saturated heterocycles. The van der Waals surface area contributed by atoms with E-state index in [1.54, 1.807) is 0 Å². The second-order valence-electron chi connectivity index (χ2n) is 5.99. The van der Waals surface area contributed by atoms with Crippen molar-refractivity contribution in [3.63, 3.8) is 0 Å². The van der Waals surface area contributed by atoms with E-state index in [1.807, 2.05) is 30.3 Å². The van der Waals surface area contributed by atoms with E-state index < -0.39 is 0 Å². The van der Waals surface area contributed by atoms with Gasteiger partial charge in [-0.15, -0.1) is 35.0 Å². The molecule has 1 atom stereocenters. The molecule has 3 rings (SSSR count). The number of benzene rings is 1. The summed E-state index contributed by atoms with van der Waals surface area (Å²) in [7, 11) is 0. The van der Waals surface area contributed by atoms with Crippen LogP contribution in [0.1, 0.15) is 48.9 Å². The highest BCUT2D eigenvalue weighted by Crippen LogP contribution is 2.15. The molecule has 1 amide bonds. The van der Waals surface area contributed by atoms with Crippen LogP contribution in [-0.4, -0.2) is 20.7 Å². The molecule has 8 heteroatoms. The van der Waals surface area contributed by atoms with Crippen LogP contribution in [0.4, 0.5) is 0 Å². The quantitative estimate of drug-likeness (QED) is 0.827. The number of rotatable bonds is 5. The third kappa shape index (κ3) is 5.70. The first kappa shape index (κ1) is 21.4. The molecule has 0 fully saturated rings. The van der Waals surface area contributed by atoms with Crippen LogP contribution in [0.5, 0.6) is 0 Å². The molecule has 2 heterocycles. The van der Waals surface area contributed by atoms with Gasteiger partial charge in [-0.25, -0.2) is 0 Å². The predicted octanol–water partition coefficient (Wildman–Crippen LogP) is 2.55. The molecule has 25 heavy (non-hydrogen) atoms. The molecule has 0 bridgehead atoms. The number of hydrogen-bond acceptors (Lipinski definition) is 4. The Kier molecular flexibility index (Phi) is 8.89. The number of aromatic nitrogens is 3. The average Bonchev–Trinajstić information content (AvgIpc) is 2.80. The third-order valence-corrected chi connectivity index (χ3v) is 4.26. The van der Waals surface area contributed by atoms with Gasteiger partial charge in [0.15, 0.2) is 5.82 Å². The monoisotopic (exact) mass is 385 g/mol. The van der Waals surface area contributed by atoms with E-state index in [0.717, 1.165) is 43.0 Å². The van der Waals surface area contributed by atoms with Crippen LogP contribution in [0, 0.1) is 0 Å². The van der Waals surface area contributed by atoms with Gasteiger partial charge in [0.05, 0.1) is 6.54 Å². The summed E-state index contributed by atoms with van der Waals surface area (Å²) in [5.74, 6) is 1.81. The van der Waals surface area contributed by atoms with Gasteiger partial charge in [-0.1, -0.05) is 36.8 Å². The number of amides is 1. The Bertz CT molecular complexity index is 662. The lowest BCUT2D eigenvalue weighted by Gasteiger charge is -2.12. The number of nitrogens with zero attached hydrogens (tertiary/aromatic N) is 3. The molecule has 0 radical (unpaired) electrons. The lowest BCUT2D eigenvalue weighted by atomic mass is 10.0. The number of hydrogen-bond donors (Lipinski definition) is 2. The Labute approximate surface area is 160 Å². The van der Waals surface area contributed by atoms with Gasteiger partial charge in [-0.05, 0) is 18.4 Å². The molecule has 0 spiro atoms. The third-order valence-electron chi connectivity index (χ3n) is 4.26. The molecule has 1 aromatic heterocycles. The molecule has 6 nitrogen and oxygen atoms in total. The van der Waals surface area contributed by atoms with Crippen molar-refractivity contribution >= 4 is 30.7 Å². The number of halogens is 2. The number of fused-ring (bicyclic) bond motifs is 1. The van der Waals surface area contributed by atoms with Crippen LogP contribution >= 0.6 is 24.8 Å². The molecular formula is C17H25Cl2N5O. The number of nitrogens with two attached hydrogens (primary N) is 1. The van der Waals surface area contributed by atoms with Gasteiger partial charge < -0.3 is 15.6 Å². The topological polar surface area (TPSA) is 85.8 Å². The van der Waals surface area contributed by atoms with E-state index in [-0.39, 0.29) is 43.2 Å². The maximum absolute atomic E-state index is 12.1. The molecule has 1 aliphatic heterocycles. The minimum atomic E-state index is -0.285. The largest absolute Gasteiger partial charge is 0.349 e. The predicted molar refractivity (Wildman–Crippen MR) is 102 cm³/mol. The maximum Gasteiger partial charge on any atom is 0.222 e. The van der Waals surface area contributed by atoms with Crippen LogP contribution in [0.3, 0.4) is 0 Å². The minimum absolute atomic E-state index is 0. The SMILES string of the molecule is Cl.Cl.NC(CC(=O)NCc1nnc2n1CCCCC2)c1ccccc1. The van der Waals surface area contributed by atoms with E-state index in [0.29, 0.717) is 6.54 Å². The van der Waals surface area contributed by atoms with Crippen molar-refractivity contribution in [3.8, 4) is 0 Å². The molecule has 2 aromatic rings. The molecule has 1 unspecified atom stereocenters. The molecular weight excluding hydrogens is 361 g/mol. The Balaban J connectivity index is 0.00000156. The van der Waals surface area contributed by atoms with Crippen molar-refractivity contribution in [2.75, 3.05) is 0 Å². The van der Waals surface area contributed by atoms with Crippen molar-refractivity contribution < 1.29 is 4.79 Å². The standard InChI is InChI=1S/C17H23N5O.2ClH/c18-14(13-7-3-1-4-8-13)11-17(23)19-12-16-21-20-15-9-5-2-6-10-22(15)16;;/h1,3-4,7-8,14H,2,5-6,9-12,18H2,(H,19,23);2*1H. The highest BCUT2D eigenvalue weighted by molar-refractivity contribution is 5.85. The Morgan fingerprint density at radius 1 is 1.16 bits per heavy atom. The van der Waals surface area contributed by atoms with E-state index in [1.165, 1.54) is 6.42 Å². The Morgan fingerprint density at radius 3 is 2.68 bits per heavy atom. The van der Waals surface area contributed by atoms with Crippen LogP contribution < -0.4 is 11.1 Å². The number of nitrogens with one attached hydrogen (secondary N) is 1. The van der Waals surface area contributed by atoms with E-state index in [2.05, 4.69) is 20.1 Å². The zero-order chi connectivity index (χ0) is 16.1. The van der Waals surface area contributed by atoms with Crippen molar-refractivity contribution in [3.05, 3.63) is 47.5 Å². The lowest BCUT2D eigenvalue weighted by Crippen LogP contribution is -2.28. The number of aryl methyl sites for hydroxylation is 1. The Morgan fingerprint density at radius 2 is 1.92 bits per heavy atom. The molecule has 1 aliphatic rings. The fourth-order valence-electron chi connectivity index (χ4n) is 2.94. The molecule has 0 aliphatic carbocycles. The molecule has 1 aromatic carbocycles. The Hall–Kier alpha value is -1.63. The highest BCUT2D eigenvalue weighted by atomic mass is 35.5. The van der Waals surface area contributed by atoms with E-state index in [4.69, 9.17) is 5.73 Å². The van der Waals surface area contributed by atoms with Gasteiger partial charge in [0.25, 0.3) is 0 Å². The molecule has 3 N–H and O–H groups in total. The summed E-state index contributed by atoms with van der Waals surface area (Å²) in [4.78, 5) is 12.1. The highest BCUT2D eigenvalue weighted by Gasteiger charge is 2.16. The summed E-state index contributed by atoms with van der Waals surface area (Å²) in [5, 5.41) is 11.4. The van der Waals surface area contributed by atoms with Crippen LogP contribution in [0.15, 0.2) is 30.3 Å². The summed E-state index contributed by atoms with van der Waals surface area (Å²) < 4.78 is 2.14. The van der Waals surface area contributed by atoms with Gasteiger partial charge in [0.1, 0.15) is 5.82 Å². The fraction of sp³-hybridized carbons (Fsp3) is 0.471. The molecule has 0 saturated carbocycles. The van der Waals surface area contributed by atoms with Gasteiger partial charge >= 0.3 is 0 Å². The van der Waals surface area contributed by atoms with Gasteiger partial charge in [-0.3, -0.25) is 4.79 Å². The lowest BCUT2D eigenvalue weighted by molar-refractivity contribution is -0.121. The smallest absolute Gasteiger partial charge is 0.222 e. The minimum Gasteiger partial charge on any atom is -0.349 e. The number of carbonyl (C=O) groups excluding carboxylic acids is 1. The first-order valence-corrected chi connectivity index (χ1v) is 8.22. The van der Waals surface area contributed by atoms with Crippen molar-refractivity contribution in [2.24, 2.45) is 5.73 Å². The summed E-state index contributed by atoms with van der Waals surface area (Å²) in [5.41, 5.74) is 7.05. The second kappa shape index (κ2) is 10.4.